The lowest BCUT2D eigenvalue weighted by molar-refractivity contribution is 0.00601. The van der Waals surface area contributed by atoms with Crippen molar-refractivity contribution in [2.75, 3.05) is 6.54 Å². The number of pyridine rings is 1. The lowest BCUT2D eigenvalue weighted by Crippen LogP contribution is -2.54. The van der Waals surface area contributed by atoms with Crippen molar-refractivity contribution in [3.05, 3.63) is 45.0 Å². The van der Waals surface area contributed by atoms with Crippen LogP contribution in [0.5, 0.6) is 0 Å². The molecule has 2 amide bonds. The molecule has 0 radical (unpaired) electrons. The fourth-order valence-corrected chi connectivity index (χ4v) is 4.17. The number of hydrogen-bond donors (Lipinski definition) is 1. The molecular formula is C23H27ClFN3O4. The van der Waals surface area contributed by atoms with E-state index in [1.165, 1.54) is 17.2 Å². The number of carbonyl (C=O) groups excluding carboxylic acids is 2. The average Bonchev–Trinajstić information content (AvgIpc) is 3.54. The van der Waals surface area contributed by atoms with Gasteiger partial charge >= 0.3 is 6.09 Å². The van der Waals surface area contributed by atoms with Gasteiger partial charge in [-0.2, -0.15) is 0 Å². The molecule has 4 rings (SSSR count). The highest BCUT2D eigenvalue weighted by Gasteiger charge is 2.33. The minimum Gasteiger partial charge on any atom is -0.444 e. The SMILES string of the molecule is CC(C)(C)OC(=O)N1CCCCC1NC(=O)c1cn(C2CC2)c2cc(Cl)c(F)cc2c1=O. The molecule has 1 saturated heterocycles. The van der Waals surface area contributed by atoms with Crippen molar-refractivity contribution >= 4 is 34.5 Å². The number of likely N-dealkylation sites (tertiary alicyclic amines) is 1. The molecule has 32 heavy (non-hydrogen) atoms. The predicted molar refractivity (Wildman–Crippen MR) is 119 cm³/mol. The van der Waals surface area contributed by atoms with Crippen molar-refractivity contribution in [2.45, 2.75) is 70.7 Å². The summed E-state index contributed by atoms with van der Waals surface area (Å²) in [4.78, 5) is 40.4. The fourth-order valence-electron chi connectivity index (χ4n) is 4.01. The van der Waals surface area contributed by atoms with E-state index in [2.05, 4.69) is 5.32 Å². The van der Waals surface area contributed by atoms with E-state index < -0.39 is 35.0 Å². The molecule has 2 heterocycles. The Balaban J connectivity index is 1.66. The topological polar surface area (TPSA) is 80.6 Å². The number of piperidine rings is 1. The first-order chi connectivity index (χ1) is 15.0. The third-order valence-corrected chi connectivity index (χ3v) is 5.98. The number of nitrogens with zero attached hydrogens (tertiary/aromatic N) is 2. The number of halogens is 2. The van der Waals surface area contributed by atoms with E-state index in [-0.39, 0.29) is 22.0 Å². The van der Waals surface area contributed by atoms with Crippen LogP contribution in [0, 0.1) is 5.82 Å². The van der Waals surface area contributed by atoms with Crippen molar-refractivity contribution in [1.29, 1.82) is 0 Å². The van der Waals surface area contributed by atoms with Crippen LogP contribution in [-0.4, -0.2) is 39.8 Å². The van der Waals surface area contributed by atoms with Crippen LogP contribution in [0.4, 0.5) is 9.18 Å². The summed E-state index contributed by atoms with van der Waals surface area (Å²) in [5.74, 6) is -1.30. The molecule has 172 valence electrons. The molecule has 1 aliphatic heterocycles. The van der Waals surface area contributed by atoms with Crippen LogP contribution in [0.15, 0.2) is 23.1 Å². The molecule has 7 nitrogen and oxygen atoms in total. The Bertz CT molecular complexity index is 1140. The molecule has 0 bridgehead atoms. The van der Waals surface area contributed by atoms with E-state index in [1.807, 2.05) is 4.57 Å². The summed E-state index contributed by atoms with van der Waals surface area (Å²) in [5.41, 5.74) is -0.802. The number of nitrogens with one attached hydrogen (secondary N) is 1. The van der Waals surface area contributed by atoms with E-state index >= 15 is 0 Å². The van der Waals surface area contributed by atoms with E-state index in [1.54, 1.807) is 20.8 Å². The Morgan fingerprint density at radius 1 is 1.19 bits per heavy atom. The normalized spacial score (nSPS) is 19.2. The van der Waals surface area contributed by atoms with E-state index in [4.69, 9.17) is 16.3 Å². The van der Waals surface area contributed by atoms with Crippen LogP contribution in [0.25, 0.3) is 10.9 Å². The Hall–Kier alpha value is -2.61. The molecule has 2 aromatic rings. The molecule has 1 atom stereocenters. The summed E-state index contributed by atoms with van der Waals surface area (Å²) in [6.45, 7) is 5.79. The Morgan fingerprint density at radius 3 is 2.56 bits per heavy atom. The zero-order valence-corrected chi connectivity index (χ0v) is 19.2. The van der Waals surface area contributed by atoms with Crippen molar-refractivity contribution < 1.29 is 18.7 Å². The van der Waals surface area contributed by atoms with Gasteiger partial charge in [-0.1, -0.05) is 11.6 Å². The Labute approximate surface area is 190 Å². The molecule has 1 aromatic carbocycles. The molecule has 0 spiro atoms. The summed E-state index contributed by atoms with van der Waals surface area (Å²) >= 11 is 5.94. The maximum atomic E-state index is 14.1. The lowest BCUT2D eigenvalue weighted by Gasteiger charge is -2.37. The summed E-state index contributed by atoms with van der Waals surface area (Å²) in [5, 5.41) is 2.86. The third kappa shape index (κ3) is 4.60. The zero-order chi connectivity index (χ0) is 23.2. The molecule has 2 fully saturated rings. The summed E-state index contributed by atoms with van der Waals surface area (Å²) in [7, 11) is 0. The highest BCUT2D eigenvalue weighted by Crippen LogP contribution is 2.37. The van der Waals surface area contributed by atoms with Gasteiger partial charge in [-0.3, -0.25) is 14.5 Å². The van der Waals surface area contributed by atoms with Gasteiger partial charge in [-0.15, -0.1) is 0 Å². The number of fused-ring (bicyclic) bond motifs is 1. The lowest BCUT2D eigenvalue weighted by atomic mass is 10.1. The monoisotopic (exact) mass is 463 g/mol. The van der Waals surface area contributed by atoms with Gasteiger partial charge in [-0.25, -0.2) is 9.18 Å². The van der Waals surface area contributed by atoms with Crippen molar-refractivity contribution in [1.82, 2.24) is 14.8 Å². The van der Waals surface area contributed by atoms with Gasteiger partial charge in [0.15, 0.2) is 0 Å². The smallest absolute Gasteiger partial charge is 0.411 e. The molecule has 9 heteroatoms. The minimum absolute atomic E-state index is 0.0706. The second-order valence-electron chi connectivity index (χ2n) is 9.45. The minimum atomic E-state index is -0.709. The van der Waals surface area contributed by atoms with Gasteiger partial charge < -0.3 is 14.6 Å². The number of amides is 2. The standard InChI is InChI=1S/C23H27ClFN3O4/c1-23(2,3)32-22(31)27-9-5-4-6-19(27)26-21(30)15-12-28(13-7-8-13)18-11-16(24)17(25)10-14(18)20(15)29/h10-13,19H,4-9H2,1-3H3,(H,26,30). The number of benzene rings is 1. The summed E-state index contributed by atoms with van der Waals surface area (Å²) in [6.07, 6.45) is 4.43. The second-order valence-corrected chi connectivity index (χ2v) is 9.86. The number of ether oxygens (including phenoxy) is 1. The van der Waals surface area contributed by atoms with E-state index in [9.17, 15) is 18.8 Å². The number of carbonyl (C=O) groups is 2. The van der Waals surface area contributed by atoms with Crippen molar-refractivity contribution in [3.8, 4) is 0 Å². The third-order valence-electron chi connectivity index (χ3n) is 5.69. The number of aromatic nitrogens is 1. The molecule has 1 N–H and O–H groups in total. The van der Waals surface area contributed by atoms with Gasteiger partial charge in [0.1, 0.15) is 23.1 Å². The van der Waals surface area contributed by atoms with Crippen LogP contribution >= 0.6 is 11.6 Å². The van der Waals surface area contributed by atoms with Crippen molar-refractivity contribution in [3.63, 3.8) is 0 Å². The molecule has 2 aliphatic rings. The van der Waals surface area contributed by atoms with Crippen LogP contribution in [0.2, 0.25) is 5.02 Å². The van der Waals surface area contributed by atoms with Crippen LogP contribution in [0.3, 0.4) is 0 Å². The first-order valence-electron chi connectivity index (χ1n) is 10.9. The van der Waals surface area contributed by atoms with Gasteiger partial charge in [0.2, 0.25) is 5.43 Å². The van der Waals surface area contributed by atoms with Crippen LogP contribution in [0.1, 0.15) is 69.3 Å². The molecule has 1 unspecified atom stereocenters. The maximum Gasteiger partial charge on any atom is 0.411 e. The summed E-state index contributed by atoms with van der Waals surface area (Å²) in [6, 6.07) is 2.65. The first-order valence-corrected chi connectivity index (χ1v) is 11.3. The highest BCUT2D eigenvalue weighted by atomic mass is 35.5. The Morgan fingerprint density at radius 2 is 1.91 bits per heavy atom. The maximum absolute atomic E-state index is 14.1. The van der Waals surface area contributed by atoms with Gasteiger partial charge in [0.05, 0.1) is 10.5 Å². The highest BCUT2D eigenvalue weighted by molar-refractivity contribution is 6.31. The first kappa shape index (κ1) is 22.6. The molecule has 1 aliphatic carbocycles. The van der Waals surface area contributed by atoms with Gasteiger partial charge in [0.25, 0.3) is 5.91 Å². The largest absolute Gasteiger partial charge is 0.444 e. The average molecular weight is 464 g/mol. The van der Waals surface area contributed by atoms with Crippen LogP contribution < -0.4 is 10.7 Å². The van der Waals surface area contributed by atoms with Gasteiger partial charge in [-0.05, 0) is 65.0 Å². The van der Waals surface area contributed by atoms with E-state index in [0.29, 0.717) is 18.5 Å². The fraction of sp³-hybridized carbons (Fsp3) is 0.522. The molecule has 1 saturated carbocycles. The predicted octanol–water partition coefficient (Wildman–Crippen LogP) is 4.61. The van der Waals surface area contributed by atoms with Gasteiger partial charge in [0, 0.05) is 24.2 Å². The van der Waals surface area contributed by atoms with E-state index in [0.717, 1.165) is 31.7 Å². The molecular weight excluding hydrogens is 437 g/mol. The quantitative estimate of drug-likeness (QED) is 0.721. The number of rotatable bonds is 3. The van der Waals surface area contributed by atoms with Crippen molar-refractivity contribution in [2.24, 2.45) is 0 Å². The molecule has 1 aromatic heterocycles. The second kappa shape index (κ2) is 8.39. The van der Waals surface area contributed by atoms with Crippen LogP contribution in [-0.2, 0) is 4.74 Å². The summed E-state index contributed by atoms with van der Waals surface area (Å²) < 4.78 is 21.4. The number of hydrogen-bond acceptors (Lipinski definition) is 4. The Kier molecular flexibility index (Phi) is 5.92. The zero-order valence-electron chi connectivity index (χ0n) is 18.4.